The number of hydrazine groups is 1. The molecule has 1 atom stereocenters. The fourth-order valence-corrected chi connectivity index (χ4v) is 2.51. The maximum absolute atomic E-state index is 13.5. The van der Waals surface area contributed by atoms with Crippen LogP contribution in [-0.2, 0) is 4.74 Å². The normalized spacial score (nSPS) is 17.0. The number of halogens is 3. The number of nitrogens with two attached hydrogens (primary N) is 1. The molecule has 98 valence electrons. The number of nitrogens with one attached hydrogen (secondary N) is 1. The summed E-state index contributed by atoms with van der Waals surface area (Å²) in [6.07, 6.45) is 3.31. The van der Waals surface area contributed by atoms with Crippen LogP contribution in [0, 0.1) is 11.6 Å². The monoisotopic (exact) mass is 318 g/mol. The summed E-state index contributed by atoms with van der Waals surface area (Å²) in [6.45, 7) is 0.666. The Bertz CT molecular complexity index is 479. The molecule has 1 aromatic carbocycles. The molecule has 0 saturated carbocycles. The zero-order valence-electron chi connectivity index (χ0n) is 9.55. The van der Waals surface area contributed by atoms with Crippen molar-refractivity contribution < 1.29 is 13.5 Å². The lowest BCUT2D eigenvalue weighted by atomic mass is 9.96. The van der Waals surface area contributed by atoms with E-state index >= 15 is 0 Å². The highest BCUT2D eigenvalue weighted by molar-refractivity contribution is 9.10. The Morgan fingerprint density at radius 2 is 2.17 bits per heavy atom. The molecule has 0 bridgehead atoms. The Kier molecular flexibility index (Phi) is 4.31. The summed E-state index contributed by atoms with van der Waals surface area (Å²) in [7, 11) is 0. The largest absolute Gasteiger partial charge is 0.501 e. The van der Waals surface area contributed by atoms with Crippen molar-refractivity contribution in [1.82, 2.24) is 5.43 Å². The van der Waals surface area contributed by atoms with Crippen LogP contribution in [0.4, 0.5) is 8.78 Å². The van der Waals surface area contributed by atoms with E-state index < -0.39 is 17.7 Å². The molecule has 1 aromatic rings. The molecule has 0 aliphatic carbocycles. The molecule has 1 aliphatic heterocycles. The van der Waals surface area contributed by atoms with Crippen LogP contribution < -0.4 is 11.3 Å². The number of hydrogen-bond acceptors (Lipinski definition) is 3. The minimum absolute atomic E-state index is 0.0805. The first-order chi connectivity index (χ1) is 8.65. The van der Waals surface area contributed by atoms with E-state index in [0.29, 0.717) is 12.2 Å². The Hall–Kier alpha value is -0.980. The third-order valence-corrected chi connectivity index (χ3v) is 3.68. The molecule has 0 amide bonds. The topological polar surface area (TPSA) is 47.3 Å². The Morgan fingerprint density at radius 1 is 1.39 bits per heavy atom. The third kappa shape index (κ3) is 2.55. The van der Waals surface area contributed by atoms with Gasteiger partial charge >= 0.3 is 0 Å². The van der Waals surface area contributed by atoms with Crippen LogP contribution in [0.25, 0.3) is 0 Å². The molecular formula is C12H13BrF2N2O. The van der Waals surface area contributed by atoms with Crippen molar-refractivity contribution in [1.29, 1.82) is 0 Å². The highest BCUT2D eigenvalue weighted by Crippen LogP contribution is 2.33. The molecule has 1 unspecified atom stereocenters. The van der Waals surface area contributed by atoms with Gasteiger partial charge in [-0.25, -0.2) is 14.2 Å². The molecular weight excluding hydrogens is 306 g/mol. The van der Waals surface area contributed by atoms with Gasteiger partial charge < -0.3 is 4.74 Å². The van der Waals surface area contributed by atoms with Crippen molar-refractivity contribution in [2.45, 2.75) is 18.9 Å². The van der Waals surface area contributed by atoms with Gasteiger partial charge in [-0.05, 0) is 46.0 Å². The number of rotatable bonds is 3. The predicted molar refractivity (Wildman–Crippen MR) is 67.4 cm³/mol. The Labute approximate surface area is 112 Å². The smallest absolute Gasteiger partial charge is 0.173 e. The van der Waals surface area contributed by atoms with Gasteiger partial charge in [0.05, 0.1) is 23.4 Å². The van der Waals surface area contributed by atoms with Crippen molar-refractivity contribution in [3.63, 3.8) is 0 Å². The van der Waals surface area contributed by atoms with Gasteiger partial charge in [0.1, 0.15) is 0 Å². The van der Waals surface area contributed by atoms with Gasteiger partial charge in [0.25, 0.3) is 0 Å². The van der Waals surface area contributed by atoms with E-state index in [1.54, 1.807) is 6.26 Å². The van der Waals surface area contributed by atoms with Gasteiger partial charge in [-0.15, -0.1) is 0 Å². The summed E-state index contributed by atoms with van der Waals surface area (Å²) in [5.74, 6) is 3.70. The van der Waals surface area contributed by atoms with Crippen LogP contribution in [0.3, 0.4) is 0 Å². The van der Waals surface area contributed by atoms with Crippen LogP contribution in [0.1, 0.15) is 24.4 Å². The van der Waals surface area contributed by atoms with Crippen molar-refractivity contribution in [3.05, 3.63) is 45.6 Å². The number of hydrogen-bond donors (Lipinski definition) is 2. The fraction of sp³-hybridized carbons (Fsp3) is 0.333. The second kappa shape index (κ2) is 5.77. The molecule has 3 N–H and O–H groups in total. The molecule has 18 heavy (non-hydrogen) atoms. The summed E-state index contributed by atoms with van der Waals surface area (Å²) in [5.41, 5.74) is 4.07. The Morgan fingerprint density at radius 3 is 2.78 bits per heavy atom. The average molecular weight is 319 g/mol. The van der Waals surface area contributed by atoms with Crippen molar-refractivity contribution in [2.24, 2.45) is 5.84 Å². The first kappa shape index (κ1) is 13.5. The van der Waals surface area contributed by atoms with Gasteiger partial charge in [-0.2, -0.15) is 0 Å². The van der Waals surface area contributed by atoms with E-state index in [4.69, 9.17) is 10.6 Å². The first-order valence-electron chi connectivity index (χ1n) is 5.55. The third-order valence-electron chi connectivity index (χ3n) is 2.88. The number of ether oxygens (including phenoxy) is 1. The van der Waals surface area contributed by atoms with Crippen LogP contribution >= 0.6 is 15.9 Å². The number of benzene rings is 1. The molecule has 1 aliphatic rings. The van der Waals surface area contributed by atoms with Crippen molar-refractivity contribution in [3.8, 4) is 0 Å². The van der Waals surface area contributed by atoms with Crippen LogP contribution in [0.2, 0.25) is 0 Å². The van der Waals surface area contributed by atoms with E-state index in [1.807, 2.05) is 0 Å². The fourth-order valence-electron chi connectivity index (χ4n) is 1.96. The first-order valence-corrected chi connectivity index (χ1v) is 6.34. The van der Waals surface area contributed by atoms with Crippen LogP contribution in [-0.4, -0.2) is 6.61 Å². The molecule has 0 fully saturated rings. The molecule has 6 heteroatoms. The maximum Gasteiger partial charge on any atom is 0.173 e. The summed E-state index contributed by atoms with van der Waals surface area (Å²) < 4.78 is 31.9. The molecule has 3 nitrogen and oxygen atoms in total. The standard InChI is InChI=1S/C12H13BrF2N2O/c13-10-8(3-4-9(14)11(10)15)12(17-16)7-2-1-5-18-6-7/h3-4,6,12,17H,1-2,5,16H2. The summed E-state index contributed by atoms with van der Waals surface area (Å²) in [4.78, 5) is 0. The molecule has 0 spiro atoms. The SMILES string of the molecule is NNC(C1=COCCC1)c1ccc(F)c(F)c1Br. The second-order valence-corrected chi connectivity index (χ2v) is 4.82. The maximum atomic E-state index is 13.5. The van der Waals surface area contributed by atoms with Gasteiger partial charge in [0, 0.05) is 0 Å². The molecule has 0 radical (unpaired) electrons. The van der Waals surface area contributed by atoms with E-state index in [1.165, 1.54) is 6.07 Å². The average Bonchev–Trinajstić information content (AvgIpc) is 2.41. The lowest BCUT2D eigenvalue weighted by Gasteiger charge is -2.24. The highest BCUT2D eigenvalue weighted by Gasteiger charge is 2.22. The van der Waals surface area contributed by atoms with E-state index in [2.05, 4.69) is 21.4 Å². The summed E-state index contributed by atoms with van der Waals surface area (Å²) in [6, 6.07) is 2.20. The van der Waals surface area contributed by atoms with Gasteiger partial charge in [0.2, 0.25) is 0 Å². The van der Waals surface area contributed by atoms with Crippen LogP contribution in [0.15, 0.2) is 28.4 Å². The summed E-state index contributed by atoms with van der Waals surface area (Å²) >= 11 is 3.06. The van der Waals surface area contributed by atoms with E-state index in [-0.39, 0.29) is 4.47 Å². The molecule has 0 saturated heterocycles. The summed E-state index contributed by atoms with van der Waals surface area (Å²) in [5, 5.41) is 0. The predicted octanol–water partition coefficient (Wildman–Crippen LogP) is 2.93. The van der Waals surface area contributed by atoms with Crippen LogP contribution in [0.5, 0.6) is 0 Å². The lowest BCUT2D eigenvalue weighted by Crippen LogP contribution is -2.30. The lowest BCUT2D eigenvalue weighted by molar-refractivity contribution is 0.219. The molecule has 2 rings (SSSR count). The van der Waals surface area contributed by atoms with Crippen molar-refractivity contribution in [2.75, 3.05) is 6.61 Å². The van der Waals surface area contributed by atoms with Gasteiger partial charge in [0.15, 0.2) is 11.6 Å². The van der Waals surface area contributed by atoms with Gasteiger partial charge in [-0.1, -0.05) is 6.07 Å². The second-order valence-electron chi connectivity index (χ2n) is 4.03. The Balaban J connectivity index is 2.39. The molecule has 0 aromatic heterocycles. The minimum Gasteiger partial charge on any atom is -0.501 e. The van der Waals surface area contributed by atoms with E-state index in [0.717, 1.165) is 24.5 Å². The zero-order chi connectivity index (χ0) is 13.1. The van der Waals surface area contributed by atoms with E-state index in [9.17, 15) is 8.78 Å². The van der Waals surface area contributed by atoms with Crippen molar-refractivity contribution >= 4 is 15.9 Å². The van der Waals surface area contributed by atoms with Gasteiger partial charge in [-0.3, -0.25) is 5.84 Å². The molecule has 1 heterocycles. The quantitative estimate of drug-likeness (QED) is 0.512. The minimum atomic E-state index is -0.912. The zero-order valence-corrected chi connectivity index (χ0v) is 11.1. The highest BCUT2D eigenvalue weighted by atomic mass is 79.9.